The van der Waals surface area contributed by atoms with Gasteiger partial charge < -0.3 is 20.1 Å². The molecule has 24 heavy (non-hydrogen) atoms. The molecule has 0 aliphatic heterocycles. The van der Waals surface area contributed by atoms with Crippen LogP contribution in [0.15, 0.2) is 0 Å². The van der Waals surface area contributed by atoms with Crippen molar-refractivity contribution in [1.82, 2.24) is 15.6 Å². The van der Waals surface area contributed by atoms with Gasteiger partial charge in [-0.05, 0) is 47.1 Å². The Labute approximate surface area is 141 Å². The number of hydrogen-bond acceptors (Lipinski definition) is 5. The van der Waals surface area contributed by atoms with Gasteiger partial charge in [0.05, 0.1) is 6.10 Å². The van der Waals surface area contributed by atoms with Crippen molar-refractivity contribution in [3.05, 3.63) is 22.5 Å². The zero-order chi connectivity index (χ0) is 18.7. The highest BCUT2D eigenvalue weighted by atomic mass is 16.5. The summed E-state index contributed by atoms with van der Waals surface area (Å²) in [6, 6.07) is -0.660. The molecule has 134 valence electrons. The molecule has 1 atom stereocenters. The van der Waals surface area contributed by atoms with Crippen molar-refractivity contribution < 1.29 is 24.2 Å². The van der Waals surface area contributed by atoms with E-state index in [4.69, 9.17) is 4.74 Å². The molecule has 8 heteroatoms. The minimum Gasteiger partial charge on any atom is -0.451 e. The molecule has 0 radical (unpaired) electrons. The number of H-pyrrole nitrogens is 1. The third-order valence-electron chi connectivity index (χ3n) is 3.19. The van der Waals surface area contributed by atoms with Crippen LogP contribution in [0.4, 0.5) is 4.79 Å². The molecule has 0 aromatic carbocycles. The van der Waals surface area contributed by atoms with Crippen LogP contribution in [0.5, 0.6) is 0 Å². The van der Waals surface area contributed by atoms with Crippen molar-refractivity contribution in [2.24, 2.45) is 0 Å². The third-order valence-corrected chi connectivity index (χ3v) is 3.19. The molecule has 0 unspecified atom stereocenters. The number of nitrogens with one attached hydrogen (secondary N) is 3. The molecule has 1 aromatic rings. The van der Waals surface area contributed by atoms with Gasteiger partial charge in [-0.15, -0.1) is 0 Å². The number of aryl methyl sites for hydroxylation is 1. The average Bonchev–Trinajstić information content (AvgIpc) is 2.68. The summed E-state index contributed by atoms with van der Waals surface area (Å²) in [7, 11) is 0. The van der Waals surface area contributed by atoms with E-state index in [1.54, 1.807) is 41.5 Å². The van der Waals surface area contributed by atoms with Gasteiger partial charge in [-0.2, -0.15) is 0 Å². The van der Waals surface area contributed by atoms with Gasteiger partial charge in [-0.3, -0.25) is 10.1 Å². The number of aromatic amines is 1. The zero-order valence-corrected chi connectivity index (χ0v) is 14.9. The van der Waals surface area contributed by atoms with E-state index in [9.17, 15) is 19.5 Å². The lowest BCUT2D eigenvalue weighted by Crippen LogP contribution is -2.49. The fraction of sp³-hybridized carbons (Fsp3) is 0.562. The maximum atomic E-state index is 12.1. The van der Waals surface area contributed by atoms with Gasteiger partial charge in [-0.25, -0.2) is 9.59 Å². The summed E-state index contributed by atoms with van der Waals surface area (Å²) in [5.41, 5.74) is 1.53. The lowest BCUT2D eigenvalue weighted by molar-refractivity contribution is -0.123. The molecule has 1 aromatic heterocycles. The first-order chi connectivity index (χ1) is 10.9. The number of carbonyl (C=O) groups is 3. The molecule has 4 N–H and O–H groups in total. The smallest absolute Gasteiger partial charge is 0.355 e. The van der Waals surface area contributed by atoms with Crippen LogP contribution in [0.2, 0.25) is 0 Å². The van der Waals surface area contributed by atoms with E-state index >= 15 is 0 Å². The highest BCUT2D eigenvalue weighted by Crippen LogP contribution is 2.24. The Balaban J connectivity index is 2.62. The third kappa shape index (κ3) is 5.38. The molecular formula is C16H25N3O5. The van der Waals surface area contributed by atoms with E-state index in [1.165, 1.54) is 0 Å². The highest BCUT2D eigenvalue weighted by Gasteiger charge is 2.22. The minimum absolute atomic E-state index is 0.176. The molecule has 0 aliphatic rings. The number of ether oxygens (including phenoxy) is 1. The van der Waals surface area contributed by atoms with Crippen LogP contribution in [0.25, 0.3) is 0 Å². The number of carbonyl (C=O) groups excluding carboxylic acids is 3. The van der Waals surface area contributed by atoms with Crippen molar-refractivity contribution >= 4 is 17.9 Å². The standard InChI is InChI=1S/C16H25N3O5/c1-8-12(10(3)20)9(2)17-13(8)14(22)24-7-11(21)18-15(23)19-16(4,5)6/h10,17,20H,7H2,1-6H3,(H2,18,19,21,23)/t10-/m0/s1. The Hall–Kier alpha value is -2.35. The Morgan fingerprint density at radius 1 is 1.25 bits per heavy atom. The van der Waals surface area contributed by atoms with E-state index in [0.29, 0.717) is 16.8 Å². The van der Waals surface area contributed by atoms with Crippen LogP contribution in [-0.4, -0.2) is 40.1 Å². The lowest BCUT2D eigenvalue weighted by Gasteiger charge is -2.20. The lowest BCUT2D eigenvalue weighted by atomic mass is 10.1. The van der Waals surface area contributed by atoms with Gasteiger partial charge in [0.25, 0.3) is 5.91 Å². The molecule has 0 saturated carbocycles. The molecular weight excluding hydrogens is 314 g/mol. The molecule has 0 bridgehead atoms. The van der Waals surface area contributed by atoms with Gasteiger partial charge >= 0.3 is 12.0 Å². The number of aromatic nitrogens is 1. The van der Waals surface area contributed by atoms with Crippen molar-refractivity contribution in [3.63, 3.8) is 0 Å². The Kier molecular flexibility index (Phi) is 6.14. The zero-order valence-electron chi connectivity index (χ0n) is 14.9. The summed E-state index contributed by atoms with van der Waals surface area (Å²) >= 11 is 0. The van der Waals surface area contributed by atoms with E-state index in [-0.39, 0.29) is 5.69 Å². The topological polar surface area (TPSA) is 121 Å². The number of esters is 1. The number of urea groups is 1. The van der Waals surface area contributed by atoms with E-state index in [0.717, 1.165) is 0 Å². The highest BCUT2D eigenvalue weighted by molar-refractivity contribution is 5.97. The number of aliphatic hydroxyl groups excluding tert-OH is 1. The number of rotatable bonds is 4. The number of hydrogen-bond donors (Lipinski definition) is 4. The Bertz CT molecular complexity index is 641. The molecule has 3 amide bonds. The van der Waals surface area contributed by atoms with Crippen LogP contribution >= 0.6 is 0 Å². The van der Waals surface area contributed by atoms with Crippen molar-refractivity contribution in [1.29, 1.82) is 0 Å². The van der Waals surface area contributed by atoms with Gasteiger partial charge in [0, 0.05) is 16.8 Å². The summed E-state index contributed by atoms with van der Waals surface area (Å²) in [6.07, 6.45) is -0.729. The monoisotopic (exact) mass is 339 g/mol. The summed E-state index contributed by atoms with van der Waals surface area (Å²) in [5.74, 6) is -1.46. The van der Waals surface area contributed by atoms with E-state index < -0.39 is 36.2 Å². The number of amides is 3. The Morgan fingerprint density at radius 2 is 1.83 bits per heavy atom. The second-order valence-corrected chi connectivity index (χ2v) is 6.67. The van der Waals surface area contributed by atoms with Gasteiger partial charge in [0.15, 0.2) is 6.61 Å². The van der Waals surface area contributed by atoms with Crippen molar-refractivity contribution in [2.45, 2.75) is 53.2 Å². The van der Waals surface area contributed by atoms with Crippen LogP contribution in [0, 0.1) is 13.8 Å². The van der Waals surface area contributed by atoms with Crippen LogP contribution in [0.1, 0.15) is 61.1 Å². The van der Waals surface area contributed by atoms with Crippen molar-refractivity contribution in [2.75, 3.05) is 6.61 Å². The maximum absolute atomic E-state index is 12.1. The van der Waals surface area contributed by atoms with E-state index in [1.807, 2.05) is 0 Å². The first-order valence-corrected chi connectivity index (χ1v) is 7.58. The predicted molar refractivity (Wildman–Crippen MR) is 87.6 cm³/mol. The first-order valence-electron chi connectivity index (χ1n) is 7.58. The molecule has 0 fully saturated rings. The average molecular weight is 339 g/mol. The molecule has 0 saturated heterocycles. The molecule has 0 aliphatic carbocycles. The maximum Gasteiger partial charge on any atom is 0.355 e. The van der Waals surface area contributed by atoms with Crippen LogP contribution in [0.3, 0.4) is 0 Å². The quantitative estimate of drug-likeness (QED) is 0.619. The first kappa shape index (κ1) is 19.7. The summed E-state index contributed by atoms with van der Waals surface area (Å²) in [4.78, 5) is 38.1. The normalized spacial score (nSPS) is 12.5. The minimum atomic E-state index is -0.734. The van der Waals surface area contributed by atoms with Gasteiger partial charge in [0.1, 0.15) is 5.69 Å². The van der Waals surface area contributed by atoms with Crippen LogP contribution < -0.4 is 10.6 Å². The number of imide groups is 1. The summed E-state index contributed by atoms with van der Waals surface area (Å²) in [6.45, 7) is 9.74. The van der Waals surface area contributed by atoms with Gasteiger partial charge in [0.2, 0.25) is 0 Å². The fourth-order valence-corrected chi connectivity index (χ4v) is 2.33. The second kappa shape index (κ2) is 7.48. The molecule has 1 heterocycles. The summed E-state index contributed by atoms with van der Waals surface area (Å²) in [5, 5.41) is 14.3. The molecule has 1 rings (SSSR count). The van der Waals surface area contributed by atoms with Gasteiger partial charge in [-0.1, -0.05) is 0 Å². The predicted octanol–water partition coefficient (Wildman–Crippen LogP) is 1.47. The number of aliphatic hydroxyl groups is 1. The largest absolute Gasteiger partial charge is 0.451 e. The summed E-state index contributed by atoms with van der Waals surface area (Å²) < 4.78 is 4.91. The van der Waals surface area contributed by atoms with E-state index in [2.05, 4.69) is 15.6 Å². The SMILES string of the molecule is Cc1[nH]c(C(=O)OCC(=O)NC(=O)NC(C)(C)C)c(C)c1[C@H](C)O. The van der Waals surface area contributed by atoms with Crippen molar-refractivity contribution in [3.8, 4) is 0 Å². The molecule has 8 nitrogen and oxygen atoms in total. The molecule has 0 spiro atoms. The second-order valence-electron chi connectivity index (χ2n) is 6.67. The Morgan fingerprint density at radius 3 is 2.29 bits per heavy atom. The van der Waals surface area contributed by atoms with Crippen LogP contribution in [-0.2, 0) is 9.53 Å². The fourth-order valence-electron chi connectivity index (χ4n) is 2.33.